The number of methoxy groups -OCH3 is 2. The number of hydrogen-bond donors (Lipinski definition) is 1. The van der Waals surface area contributed by atoms with E-state index in [1.54, 1.807) is 42.0 Å². The number of nitrogens with zero attached hydrogens (tertiary/aromatic N) is 2. The maximum Gasteiger partial charge on any atom is 0.262 e. The number of anilines is 1. The molecule has 1 amide bonds. The van der Waals surface area contributed by atoms with Crippen molar-refractivity contribution >= 4 is 45.9 Å². The van der Waals surface area contributed by atoms with Crippen LogP contribution in [0.3, 0.4) is 0 Å². The molecule has 9 nitrogen and oxygen atoms in total. The Labute approximate surface area is 234 Å². The van der Waals surface area contributed by atoms with Crippen LogP contribution >= 0.6 is 23.4 Å². The fraction of sp³-hybridized carbons (Fsp3) is 0.250. The highest BCUT2D eigenvalue weighted by Gasteiger charge is 2.25. The lowest BCUT2D eigenvalue weighted by molar-refractivity contribution is -0.115. The molecule has 0 bridgehead atoms. The fourth-order valence-corrected chi connectivity index (χ4v) is 5.36. The first kappa shape index (κ1) is 26.7. The van der Waals surface area contributed by atoms with Gasteiger partial charge in [-0.15, -0.1) is 0 Å². The summed E-state index contributed by atoms with van der Waals surface area (Å²) in [7, 11) is 3.12. The van der Waals surface area contributed by atoms with E-state index in [2.05, 4.69) is 5.32 Å². The molecule has 11 heteroatoms. The van der Waals surface area contributed by atoms with Crippen LogP contribution in [0.5, 0.6) is 23.0 Å². The van der Waals surface area contributed by atoms with Crippen molar-refractivity contribution in [1.29, 1.82) is 0 Å². The summed E-state index contributed by atoms with van der Waals surface area (Å²) < 4.78 is 23.2. The number of benzene rings is 3. The normalized spacial score (nSPS) is 12.8. The van der Waals surface area contributed by atoms with Gasteiger partial charge in [0.25, 0.3) is 5.56 Å². The summed E-state index contributed by atoms with van der Waals surface area (Å²) in [5.41, 5.74) is 1.56. The molecule has 2 heterocycles. The molecule has 0 saturated heterocycles. The van der Waals surface area contributed by atoms with Crippen LogP contribution in [-0.4, -0.2) is 41.7 Å². The van der Waals surface area contributed by atoms with Crippen LogP contribution < -0.4 is 29.8 Å². The number of fused-ring (bicyclic) bond motifs is 2. The fourth-order valence-electron chi connectivity index (χ4n) is 4.17. The van der Waals surface area contributed by atoms with Crippen LogP contribution in [0.2, 0.25) is 5.02 Å². The molecule has 5 rings (SSSR count). The van der Waals surface area contributed by atoms with Crippen LogP contribution in [0.4, 0.5) is 5.69 Å². The van der Waals surface area contributed by atoms with Gasteiger partial charge in [-0.05, 0) is 48.4 Å². The molecule has 0 saturated carbocycles. The Morgan fingerprint density at radius 3 is 2.54 bits per heavy atom. The predicted octanol–water partition coefficient (Wildman–Crippen LogP) is 5.35. The average molecular weight is 568 g/mol. The van der Waals surface area contributed by atoms with Crippen molar-refractivity contribution < 1.29 is 23.7 Å². The van der Waals surface area contributed by atoms with Crippen molar-refractivity contribution in [3.8, 4) is 23.0 Å². The highest BCUT2D eigenvalue weighted by Crippen LogP contribution is 2.36. The van der Waals surface area contributed by atoms with Crippen LogP contribution in [0.25, 0.3) is 10.9 Å². The second-order valence-electron chi connectivity index (χ2n) is 8.70. The first-order valence-corrected chi connectivity index (χ1v) is 13.4. The molecule has 4 aromatic rings. The van der Waals surface area contributed by atoms with E-state index < -0.39 is 5.25 Å². The van der Waals surface area contributed by atoms with Crippen LogP contribution in [0.1, 0.15) is 18.9 Å². The molecule has 1 N–H and O–H groups in total. The van der Waals surface area contributed by atoms with Gasteiger partial charge in [0.15, 0.2) is 16.7 Å². The van der Waals surface area contributed by atoms with Crippen LogP contribution in [0.15, 0.2) is 64.5 Å². The minimum absolute atomic E-state index is 0.0817. The van der Waals surface area contributed by atoms with Crippen molar-refractivity contribution in [2.24, 2.45) is 0 Å². The van der Waals surface area contributed by atoms with Crippen LogP contribution in [-0.2, 0) is 11.3 Å². The van der Waals surface area contributed by atoms with E-state index in [0.717, 1.165) is 5.56 Å². The van der Waals surface area contributed by atoms with Crippen molar-refractivity contribution in [1.82, 2.24) is 9.55 Å². The molecule has 1 aliphatic heterocycles. The third-order valence-corrected chi connectivity index (χ3v) is 7.83. The van der Waals surface area contributed by atoms with Crippen molar-refractivity contribution in [2.75, 3.05) is 26.3 Å². The number of hydrogen-bond acceptors (Lipinski definition) is 8. The number of nitrogens with one attached hydrogen (secondary N) is 1. The Morgan fingerprint density at radius 1 is 1.10 bits per heavy atom. The second kappa shape index (κ2) is 11.5. The molecule has 202 valence electrons. The molecule has 3 aromatic carbocycles. The van der Waals surface area contributed by atoms with Crippen molar-refractivity contribution in [3.63, 3.8) is 0 Å². The van der Waals surface area contributed by atoms with E-state index in [9.17, 15) is 9.59 Å². The highest BCUT2D eigenvalue weighted by atomic mass is 35.5. The van der Waals surface area contributed by atoms with Gasteiger partial charge in [0.05, 0.1) is 42.6 Å². The molecule has 1 aliphatic rings. The number of amides is 1. The zero-order valence-corrected chi connectivity index (χ0v) is 23.1. The van der Waals surface area contributed by atoms with Crippen molar-refractivity contribution in [3.05, 3.63) is 75.5 Å². The third kappa shape index (κ3) is 5.62. The SMILES string of the molecule is CC[C@H](Sc1nc2cc3c(cc2c(=O)n1Cc1ccc(OC)cc1)OCO3)C(=O)Nc1cc(Cl)ccc1OC. The molecular weight excluding hydrogens is 542 g/mol. The minimum Gasteiger partial charge on any atom is -0.497 e. The molecule has 0 spiro atoms. The van der Waals surface area contributed by atoms with Gasteiger partial charge < -0.3 is 24.3 Å². The first-order chi connectivity index (χ1) is 18.9. The maximum atomic E-state index is 13.8. The molecule has 0 fully saturated rings. The number of halogens is 1. The minimum atomic E-state index is -0.561. The predicted molar refractivity (Wildman–Crippen MR) is 151 cm³/mol. The molecule has 39 heavy (non-hydrogen) atoms. The van der Waals surface area contributed by atoms with E-state index in [4.69, 9.17) is 35.5 Å². The van der Waals surface area contributed by atoms with Gasteiger partial charge in [-0.3, -0.25) is 14.2 Å². The number of rotatable bonds is 9. The monoisotopic (exact) mass is 567 g/mol. The second-order valence-corrected chi connectivity index (χ2v) is 10.3. The molecule has 0 aliphatic carbocycles. The van der Waals surface area contributed by atoms with E-state index in [1.807, 2.05) is 31.2 Å². The Balaban J connectivity index is 1.53. The molecule has 0 radical (unpaired) electrons. The summed E-state index contributed by atoms with van der Waals surface area (Å²) >= 11 is 7.36. The summed E-state index contributed by atoms with van der Waals surface area (Å²) in [5.74, 6) is 1.96. The highest BCUT2D eigenvalue weighted by molar-refractivity contribution is 8.00. The van der Waals surface area contributed by atoms with E-state index in [0.29, 0.717) is 56.2 Å². The third-order valence-electron chi connectivity index (χ3n) is 6.24. The number of carbonyl (C=O) groups is 1. The number of ether oxygens (including phenoxy) is 4. The number of carbonyl (C=O) groups excluding carboxylic acids is 1. The Hall–Kier alpha value is -3.89. The van der Waals surface area contributed by atoms with Gasteiger partial charge in [-0.1, -0.05) is 42.4 Å². The van der Waals surface area contributed by atoms with E-state index in [-0.39, 0.29) is 24.8 Å². The Morgan fingerprint density at radius 2 is 1.85 bits per heavy atom. The lowest BCUT2D eigenvalue weighted by atomic mass is 10.2. The number of thioether (sulfide) groups is 1. The molecule has 0 unspecified atom stereocenters. The standard InChI is InChI=1S/C28H26ClN3O6S/c1-4-25(26(33)30-21-11-17(29)7-10-22(21)36-3)39-28-31-20-13-24-23(37-15-38-24)12-19(20)27(34)32(28)14-16-5-8-18(35-2)9-6-16/h5-13,25H,4,14-15H2,1-3H3,(H,30,33)/t25-/m0/s1. The summed E-state index contributed by atoms with van der Waals surface area (Å²) in [5, 5.41) is 3.62. The summed E-state index contributed by atoms with van der Waals surface area (Å²) in [4.78, 5) is 32.0. The Kier molecular flexibility index (Phi) is 7.85. The maximum absolute atomic E-state index is 13.8. The summed E-state index contributed by atoms with van der Waals surface area (Å²) in [6, 6.07) is 15.8. The van der Waals surface area contributed by atoms with Crippen LogP contribution in [0, 0.1) is 0 Å². The van der Waals surface area contributed by atoms with E-state index >= 15 is 0 Å². The molecule has 1 atom stereocenters. The zero-order chi connectivity index (χ0) is 27.5. The lowest BCUT2D eigenvalue weighted by Gasteiger charge is -2.19. The smallest absolute Gasteiger partial charge is 0.262 e. The lowest BCUT2D eigenvalue weighted by Crippen LogP contribution is -2.28. The zero-order valence-electron chi connectivity index (χ0n) is 21.5. The topological polar surface area (TPSA) is 101 Å². The summed E-state index contributed by atoms with van der Waals surface area (Å²) in [6.45, 7) is 2.23. The average Bonchev–Trinajstić information content (AvgIpc) is 3.40. The quantitative estimate of drug-likeness (QED) is 0.213. The largest absolute Gasteiger partial charge is 0.497 e. The van der Waals surface area contributed by atoms with Gasteiger partial charge in [-0.25, -0.2) is 4.98 Å². The van der Waals surface area contributed by atoms with Gasteiger partial charge in [0.2, 0.25) is 12.7 Å². The summed E-state index contributed by atoms with van der Waals surface area (Å²) in [6.07, 6.45) is 0.483. The van der Waals surface area contributed by atoms with Crippen molar-refractivity contribution in [2.45, 2.75) is 30.3 Å². The Bertz CT molecular complexity index is 1590. The van der Waals surface area contributed by atoms with Gasteiger partial charge in [-0.2, -0.15) is 0 Å². The van der Waals surface area contributed by atoms with Gasteiger partial charge in [0, 0.05) is 11.1 Å². The molecule has 1 aromatic heterocycles. The number of aromatic nitrogens is 2. The molecular formula is C28H26ClN3O6S. The van der Waals surface area contributed by atoms with Gasteiger partial charge >= 0.3 is 0 Å². The van der Waals surface area contributed by atoms with Gasteiger partial charge in [0.1, 0.15) is 11.5 Å². The van der Waals surface area contributed by atoms with E-state index in [1.165, 1.54) is 18.9 Å². The first-order valence-electron chi connectivity index (χ1n) is 12.2.